The summed E-state index contributed by atoms with van der Waals surface area (Å²) < 4.78 is 0. The molecule has 0 N–H and O–H groups in total. The van der Waals surface area contributed by atoms with E-state index in [1.807, 2.05) is 58.6 Å². The van der Waals surface area contributed by atoms with Gasteiger partial charge in [0.25, 0.3) is 0 Å². The molecule has 106 valence electrons. The Morgan fingerprint density at radius 2 is 1.90 bits per heavy atom. The number of anilines is 1. The number of hydrogen-bond acceptors (Lipinski definition) is 3. The van der Waals surface area contributed by atoms with E-state index in [0.717, 1.165) is 30.8 Å². The highest BCUT2D eigenvalue weighted by atomic mass is 16.2. The maximum absolute atomic E-state index is 12.8. The Kier molecular flexibility index (Phi) is 2.86. The fraction of sp³-hybridized carbons (Fsp3) is 0.250. The van der Waals surface area contributed by atoms with E-state index in [-0.39, 0.29) is 12.2 Å². The fourth-order valence-corrected chi connectivity index (χ4v) is 3.14. The molecule has 1 atom stereocenters. The molecule has 3 heterocycles. The molecule has 0 aliphatic carbocycles. The Balaban J connectivity index is 1.81. The molecule has 5 nitrogen and oxygen atoms in total. The summed E-state index contributed by atoms with van der Waals surface area (Å²) in [4.78, 5) is 18.8. The normalized spacial score (nSPS) is 21.9. The van der Waals surface area contributed by atoms with Crippen LogP contribution in [-0.2, 0) is 0 Å². The lowest BCUT2D eigenvalue weighted by molar-refractivity contribution is 0.0726. The first kappa shape index (κ1) is 12.3. The second-order valence-electron chi connectivity index (χ2n) is 5.29. The molecule has 2 saturated heterocycles. The van der Waals surface area contributed by atoms with Crippen molar-refractivity contribution in [1.29, 1.82) is 0 Å². The smallest absolute Gasteiger partial charge is 0.271 e. The van der Waals surface area contributed by atoms with Gasteiger partial charge in [-0.05, 0) is 24.6 Å². The molecule has 0 unspecified atom stereocenters. The number of nitrogens with zero attached hydrogens (tertiary/aromatic N) is 4. The van der Waals surface area contributed by atoms with Crippen molar-refractivity contribution in [2.45, 2.75) is 12.6 Å². The SMILES string of the molecule is O=C1N(c2ccccc2)[C@@H](c2cccnc2)N2CCCN12. The molecular weight excluding hydrogens is 264 g/mol. The van der Waals surface area contributed by atoms with Crippen LogP contribution in [0, 0.1) is 0 Å². The number of hydrazine groups is 1. The highest BCUT2D eigenvalue weighted by Crippen LogP contribution is 2.39. The van der Waals surface area contributed by atoms with Gasteiger partial charge in [-0.3, -0.25) is 14.9 Å². The minimum Gasteiger partial charge on any atom is -0.271 e. The number of rotatable bonds is 2. The van der Waals surface area contributed by atoms with Crippen LogP contribution in [0.3, 0.4) is 0 Å². The summed E-state index contributed by atoms with van der Waals surface area (Å²) in [6.45, 7) is 1.69. The van der Waals surface area contributed by atoms with E-state index < -0.39 is 0 Å². The molecule has 0 bridgehead atoms. The lowest BCUT2D eigenvalue weighted by atomic mass is 10.2. The summed E-state index contributed by atoms with van der Waals surface area (Å²) in [6, 6.07) is 13.8. The zero-order valence-electron chi connectivity index (χ0n) is 11.6. The van der Waals surface area contributed by atoms with Crippen LogP contribution in [0.15, 0.2) is 54.9 Å². The topological polar surface area (TPSA) is 39.7 Å². The molecule has 21 heavy (non-hydrogen) atoms. The zero-order valence-corrected chi connectivity index (χ0v) is 11.6. The van der Waals surface area contributed by atoms with E-state index in [1.165, 1.54) is 0 Å². The van der Waals surface area contributed by atoms with Gasteiger partial charge in [0.05, 0.1) is 0 Å². The predicted molar refractivity (Wildman–Crippen MR) is 79.3 cm³/mol. The van der Waals surface area contributed by atoms with Crippen LogP contribution in [-0.4, -0.2) is 34.1 Å². The summed E-state index contributed by atoms with van der Waals surface area (Å²) in [7, 11) is 0. The number of pyridine rings is 1. The van der Waals surface area contributed by atoms with E-state index in [4.69, 9.17) is 0 Å². The molecule has 1 aromatic heterocycles. The summed E-state index contributed by atoms with van der Waals surface area (Å²) in [5.74, 6) is 0. The molecule has 2 aliphatic heterocycles. The summed E-state index contributed by atoms with van der Waals surface area (Å²) in [5, 5.41) is 4.00. The van der Waals surface area contributed by atoms with Crippen LogP contribution in [0.2, 0.25) is 0 Å². The molecule has 2 fully saturated rings. The van der Waals surface area contributed by atoms with Gasteiger partial charge >= 0.3 is 6.03 Å². The third-order valence-corrected chi connectivity index (χ3v) is 4.04. The molecule has 4 rings (SSSR count). The number of urea groups is 1. The van der Waals surface area contributed by atoms with Crippen LogP contribution >= 0.6 is 0 Å². The van der Waals surface area contributed by atoms with Gasteiger partial charge < -0.3 is 0 Å². The lowest BCUT2D eigenvalue weighted by Gasteiger charge is -2.27. The van der Waals surface area contributed by atoms with Gasteiger partial charge in [0, 0.05) is 36.7 Å². The minimum atomic E-state index is -0.101. The standard InChI is InChI=1S/C16H16N4O/c21-16-19-11-5-10-18(19)15(13-6-4-9-17-12-13)20(16)14-7-2-1-3-8-14/h1-4,6-9,12,15H,5,10-11H2/t15-/m0/s1. The van der Waals surface area contributed by atoms with E-state index in [9.17, 15) is 4.79 Å². The summed E-state index contributed by atoms with van der Waals surface area (Å²) in [5.41, 5.74) is 1.96. The Hall–Kier alpha value is -2.40. The number of fused-ring (bicyclic) bond motifs is 1. The number of carbonyl (C=O) groups excluding carboxylic acids is 1. The Bertz CT molecular complexity index is 646. The van der Waals surface area contributed by atoms with E-state index in [0.29, 0.717) is 0 Å². The predicted octanol–water partition coefficient (Wildman–Crippen LogP) is 2.64. The van der Waals surface area contributed by atoms with Gasteiger partial charge in [0.15, 0.2) is 0 Å². The molecule has 0 saturated carbocycles. The number of amides is 2. The monoisotopic (exact) mass is 280 g/mol. The first-order chi connectivity index (χ1) is 10.4. The molecule has 0 radical (unpaired) electrons. The van der Waals surface area contributed by atoms with Gasteiger partial charge in [-0.2, -0.15) is 5.01 Å². The van der Waals surface area contributed by atoms with Crippen LogP contribution in [0.5, 0.6) is 0 Å². The van der Waals surface area contributed by atoms with E-state index in [1.54, 1.807) is 6.20 Å². The van der Waals surface area contributed by atoms with E-state index in [2.05, 4.69) is 9.99 Å². The number of benzene rings is 1. The Morgan fingerprint density at radius 3 is 2.67 bits per heavy atom. The maximum atomic E-state index is 12.8. The van der Waals surface area contributed by atoms with Crippen molar-refractivity contribution in [1.82, 2.24) is 15.0 Å². The fourth-order valence-electron chi connectivity index (χ4n) is 3.14. The second-order valence-corrected chi connectivity index (χ2v) is 5.29. The summed E-state index contributed by atoms with van der Waals surface area (Å²) in [6.07, 6.45) is 4.52. The third-order valence-electron chi connectivity index (χ3n) is 4.04. The average Bonchev–Trinajstić information content (AvgIpc) is 3.11. The molecule has 1 aromatic carbocycles. The third kappa shape index (κ3) is 1.89. The largest absolute Gasteiger partial charge is 0.340 e. The van der Waals surface area contributed by atoms with Crippen LogP contribution in [0.1, 0.15) is 18.2 Å². The summed E-state index contributed by atoms with van der Waals surface area (Å²) >= 11 is 0. The molecule has 5 heteroatoms. The van der Waals surface area contributed by atoms with Gasteiger partial charge in [-0.25, -0.2) is 4.79 Å². The van der Waals surface area contributed by atoms with Crippen LogP contribution in [0.25, 0.3) is 0 Å². The Morgan fingerprint density at radius 1 is 1.05 bits per heavy atom. The molecule has 2 aliphatic rings. The average molecular weight is 280 g/mol. The molecule has 2 amide bonds. The van der Waals surface area contributed by atoms with E-state index >= 15 is 0 Å². The second kappa shape index (κ2) is 4.86. The Labute approximate surface area is 123 Å². The minimum absolute atomic E-state index is 0.0487. The van der Waals surface area contributed by atoms with Gasteiger partial charge in [0.2, 0.25) is 0 Å². The maximum Gasteiger partial charge on any atom is 0.340 e. The quantitative estimate of drug-likeness (QED) is 0.849. The highest BCUT2D eigenvalue weighted by Gasteiger charge is 2.47. The van der Waals surface area contributed by atoms with Gasteiger partial charge in [-0.1, -0.05) is 24.3 Å². The van der Waals surface area contributed by atoms with Crippen molar-refractivity contribution in [3.63, 3.8) is 0 Å². The number of para-hydroxylation sites is 1. The number of hydrogen-bond donors (Lipinski definition) is 0. The van der Waals surface area contributed by atoms with Crippen molar-refractivity contribution in [2.24, 2.45) is 0 Å². The van der Waals surface area contributed by atoms with Crippen molar-refractivity contribution < 1.29 is 4.79 Å². The number of aromatic nitrogens is 1. The first-order valence-electron chi connectivity index (χ1n) is 7.18. The van der Waals surface area contributed by atoms with Crippen molar-refractivity contribution in [3.05, 3.63) is 60.4 Å². The van der Waals surface area contributed by atoms with Crippen LogP contribution < -0.4 is 4.90 Å². The van der Waals surface area contributed by atoms with Crippen LogP contribution in [0.4, 0.5) is 10.5 Å². The van der Waals surface area contributed by atoms with Gasteiger partial charge in [0.1, 0.15) is 6.17 Å². The first-order valence-corrected chi connectivity index (χ1v) is 7.18. The highest BCUT2D eigenvalue weighted by molar-refractivity contribution is 5.94. The van der Waals surface area contributed by atoms with Gasteiger partial charge in [-0.15, -0.1) is 0 Å². The zero-order chi connectivity index (χ0) is 14.2. The molecular formula is C16H16N4O. The van der Waals surface area contributed by atoms with Crippen molar-refractivity contribution in [2.75, 3.05) is 18.0 Å². The lowest BCUT2D eigenvalue weighted by Crippen LogP contribution is -2.32. The molecule has 0 spiro atoms. The number of carbonyl (C=O) groups is 1. The van der Waals surface area contributed by atoms with Crippen molar-refractivity contribution in [3.8, 4) is 0 Å². The molecule has 2 aromatic rings. The van der Waals surface area contributed by atoms with Crippen molar-refractivity contribution >= 4 is 11.7 Å².